The molecule has 4 nitrogen and oxygen atoms in total. The molecule has 0 aromatic carbocycles. The number of carbonyl (C=O) groups excluding carboxylic acids is 2. The Labute approximate surface area is 107 Å². The summed E-state index contributed by atoms with van der Waals surface area (Å²) >= 11 is 0. The van der Waals surface area contributed by atoms with Crippen molar-refractivity contribution in [3.8, 4) is 0 Å². The van der Waals surface area contributed by atoms with Gasteiger partial charge >= 0.3 is 29.0 Å². The molecule has 0 saturated heterocycles. The summed E-state index contributed by atoms with van der Waals surface area (Å²) in [6, 6.07) is 0. The number of carbonyl (C=O) groups is 2. The van der Waals surface area contributed by atoms with Crippen LogP contribution in [0.15, 0.2) is 12.7 Å². The first-order chi connectivity index (χ1) is 6.40. The van der Waals surface area contributed by atoms with Gasteiger partial charge in [-0.3, -0.25) is 9.59 Å². The highest BCUT2D eigenvalue weighted by Gasteiger charge is 2.03. The Bertz CT molecular complexity index is 187. The van der Waals surface area contributed by atoms with Crippen LogP contribution < -0.4 is 0 Å². The average molecular weight is 229 g/mol. The minimum absolute atomic E-state index is 0. The molecule has 86 valence electrons. The van der Waals surface area contributed by atoms with Crippen molar-refractivity contribution in [3.63, 3.8) is 0 Å². The molecular weight excluding hydrogens is 208 g/mol. The van der Waals surface area contributed by atoms with E-state index in [1.165, 1.54) is 13.0 Å². The van der Waals surface area contributed by atoms with Crippen LogP contribution in [0.1, 0.15) is 27.2 Å². The minimum Gasteiger partial charge on any atom is -0.461 e. The molecule has 15 heavy (non-hydrogen) atoms. The summed E-state index contributed by atoms with van der Waals surface area (Å²) in [5, 5.41) is 8.06. The molecule has 5 heteroatoms. The monoisotopic (exact) mass is 228 g/mol. The normalized spacial score (nSPS) is 8.07. The minimum atomic E-state index is -0.493. The number of aliphatic hydroxyl groups excluding tert-OH is 1. The zero-order chi connectivity index (χ0) is 11.6. The van der Waals surface area contributed by atoms with Gasteiger partial charge in [-0.25, -0.2) is 0 Å². The molecule has 0 heterocycles. The van der Waals surface area contributed by atoms with Crippen molar-refractivity contribution in [1.82, 2.24) is 0 Å². The fourth-order valence-corrected chi connectivity index (χ4v) is 0.406. The van der Waals surface area contributed by atoms with E-state index in [-0.39, 0.29) is 48.0 Å². The van der Waals surface area contributed by atoms with Crippen molar-refractivity contribution in [2.75, 3.05) is 6.61 Å². The Hall–Kier alpha value is -0.394. The fraction of sp³-hybridized carbons (Fsp3) is 0.600. The van der Waals surface area contributed by atoms with Crippen LogP contribution in [0.5, 0.6) is 0 Å². The molecule has 0 unspecified atom stereocenters. The molecule has 0 aliphatic rings. The lowest BCUT2D eigenvalue weighted by atomic mass is 10.3. The van der Waals surface area contributed by atoms with E-state index in [0.29, 0.717) is 0 Å². The molecule has 0 bridgehead atoms. The topological polar surface area (TPSA) is 63.6 Å². The van der Waals surface area contributed by atoms with Crippen LogP contribution in [-0.2, 0) is 14.3 Å². The third kappa shape index (κ3) is 31.7. The van der Waals surface area contributed by atoms with Gasteiger partial charge in [-0.2, -0.15) is 0 Å². The van der Waals surface area contributed by atoms with Crippen molar-refractivity contribution in [2.45, 2.75) is 33.3 Å². The summed E-state index contributed by atoms with van der Waals surface area (Å²) in [6.45, 7) is 8.31. The van der Waals surface area contributed by atoms with Crippen LogP contribution in [0.2, 0.25) is 0 Å². The van der Waals surface area contributed by atoms with Crippen molar-refractivity contribution in [3.05, 3.63) is 12.7 Å². The lowest BCUT2D eigenvalue weighted by Gasteiger charge is -1.96. The highest BCUT2D eigenvalue weighted by Crippen LogP contribution is 1.87. The van der Waals surface area contributed by atoms with E-state index < -0.39 is 5.97 Å². The molecular formula is C10H20MgO4. The fourth-order valence-electron chi connectivity index (χ4n) is 0.406. The number of hydrogen-bond donors (Lipinski definition) is 1. The summed E-state index contributed by atoms with van der Waals surface area (Å²) in [5.41, 5.74) is 0. The van der Waals surface area contributed by atoms with E-state index in [1.807, 2.05) is 0 Å². The van der Waals surface area contributed by atoms with Gasteiger partial charge in [-0.05, 0) is 20.8 Å². The second-order valence-corrected chi connectivity index (χ2v) is 2.94. The Kier molecular flexibility index (Phi) is 18.2. The molecule has 0 spiro atoms. The SMILES string of the molecule is C=CCOC(=O)CC(C)=O.CC(C)O.[MgH2]. The third-order valence-electron chi connectivity index (χ3n) is 0.755. The Balaban J connectivity index is -0.000000249. The molecule has 0 radical (unpaired) electrons. The summed E-state index contributed by atoms with van der Waals surface area (Å²) in [7, 11) is 0. The standard InChI is InChI=1S/C7H10O3.C3H8O.Mg.2H/c1-3-4-10-7(9)5-6(2)8;1-3(2)4;;;/h3H,1,4-5H2,2H3;3-4H,1-2H3;;;. The quantitative estimate of drug-likeness (QED) is 0.322. The Morgan fingerprint density at radius 1 is 1.47 bits per heavy atom. The lowest BCUT2D eigenvalue weighted by molar-refractivity contribution is -0.144. The highest BCUT2D eigenvalue weighted by molar-refractivity contribution is 5.94. The molecule has 0 aromatic rings. The largest absolute Gasteiger partial charge is 0.461 e. The molecule has 0 amide bonds. The van der Waals surface area contributed by atoms with Crippen molar-refractivity contribution in [1.29, 1.82) is 0 Å². The second kappa shape index (κ2) is 13.6. The number of rotatable bonds is 4. The van der Waals surface area contributed by atoms with Gasteiger partial charge in [-0.1, -0.05) is 12.7 Å². The number of Topliss-reactive ketones (excluding diaryl/α,β-unsaturated/α-hetero) is 1. The van der Waals surface area contributed by atoms with E-state index in [2.05, 4.69) is 11.3 Å². The first kappa shape index (κ1) is 20.1. The van der Waals surface area contributed by atoms with E-state index in [1.54, 1.807) is 13.8 Å². The molecule has 0 fully saturated rings. The highest BCUT2D eigenvalue weighted by atomic mass is 24.3. The van der Waals surface area contributed by atoms with Gasteiger partial charge in [0.15, 0.2) is 0 Å². The number of aliphatic hydroxyl groups is 1. The maximum Gasteiger partial charge on any atom is 0.316 e. The van der Waals surface area contributed by atoms with Crippen molar-refractivity contribution < 1.29 is 19.4 Å². The predicted molar refractivity (Wildman–Crippen MR) is 62.4 cm³/mol. The van der Waals surface area contributed by atoms with E-state index in [0.717, 1.165) is 0 Å². The molecule has 0 aromatic heterocycles. The summed E-state index contributed by atoms with van der Waals surface area (Å²) in [4.78, 5) is 20.8. The van der Waals surface area contributed by atoms with Crippen LogP contribution >= 0.6 is 0 Å². The van der Waals surface area contributed by atoms with E-state index in [4.69, 9.17) is 5.11 Å². The van der Waals surface area contributed by atoms with Crippen LogP contribution in [0.25, 0.3) is 0 Å². The Morgan fingerprint density at radius 3 is 2.13 bits per heavy atom. The molecule has 0 saturated carbocycles. The van der Waals surface area contributed by atoms with Gasteiger partial charge in [0, 0.05) is 6.10 Å². The predicted octanol–water partition coefficient (Wildman–Crippen LogP) is 0.166. The molecule has 0 aliphatic heterocycles. The molecule has 0 atom stereocenters. The average Bonchev–Trinajstić information content (AvgIpc) is 1.98. The maximum absolute atomic E-state index is 10.5. The molecule has 1 N–H and O–H groups in total. The first-order valence-corrected chi connectivity index (χ1v) is 4.34. The van der Waals surface area contributed by atoms with E-state index >= 15 is 0 Å². The maximum atomic E-state index is 10.5. The zero-order valence-electron chi connectivity index (χ0n) is 8.95. The van der Waals surface area contributed by atoms with Gasteiger partial charge < -0.3 is 9.84 Å². The summed E-state index contributed by atoms with van der Waals surface area (Å²) < 4.78 is 4.52. The second-order valence-electron chi connectivity index (χ2n) is 2.94. The zero-order valence-corrected chi connectivity index (χ0v) is 8.95. The molecule has 0 rings (SSSR count). The van der Waals surface area contributed by atoms with Gasteiger partial charge in [0.2, 0.25) is 0 Å². The summed E-state index contributed by atoms with van der Waals surface area (Å²) in [6.07, 6.45) is 1.14. The van der Waals surface area contributed by atoms with E-state index in [9.17, 15) is 9.59 Å². The van der Waals surface area contributed by atoms with Gasteiger partial charge in [0.1, 0.15) is 18.8 Å². The van der Waals surface area contributed by atoms with Crippen LogP contribution in [0.4, 0.5) is 0 Å². The Morgan fingerprint density at radius 2 is 1.87 bits per heavy atom. The smallest absolute Gasteiger partial charge is 0.316 e. The first-order valence-electron chi connectivity index (χ1n) is 4.34. The lowest BCUT2D eigenvalue weighted by Crippen LogP contribution is -2.08. The van der Waals surface area contributed by atoms with Crippen LogP contribution in [0.3, 0.4) is 0 Å². The number of esters is 1. The molecule has 0 aliphatic carbocycles. The van der Waals surface area contributed by atoms with Crippen molar-refractivity contribution in [2.24, 2.45) is 0 Å². The van der Waals surface area contributed by atoms with Gasteiger partial charge in [0.25, 0.3) is 0 Å². The summed E-state index contributed by atoms with van der Waals surface area (Å²) in [5.74, 6) is -0.679. The number of ether oxygens (including phenoxy) is 1. The van der Waals surface area contributed by atoms with Crippen LogP contribution in [0, 0.1) is 0 Å². The number of hydrogen-bond acceptors (Lipinski definition) is 4. The van der Waals surface area contributed by atoms with Crippen molar-refractivity contribution >= 4 is 34.8 Å². The third-order valence-corrected chi connectivity index (χ3v) is 0.755. The van der Waals surface area contributed by atoms with Gasteiger partial charge in [0.05, 0.1) is 0 Å². The van der Waals surface area contributed by atoms with Gasteiger partial charge in [-0.15, -0.1) is 0 Å². The number of ketones is 1. The van der Waals surface area contributed by atoms with Crippen LogP contribution in [-0.4, -0.2) is 52.6 Å².